The van der Waals surface area contributed by atoms with E-state index in [2.05, 4.69) is 26.8 Å². The van der Waals surface area contributed by atoms with E-state index in [1.807, 2.05) is 22.9 Å². The molecular weight excluding hydrogens is 246 g/mol. The Hall–Kier alpha value is -1.64. The highest BCUT2D eigenvalue weighted by Gasteiger charge is 2.35. The molecule has 0 spiro atoms. The minimum Gasteiger partial charge on any atom is -0.397 e. The van der Waals surface area contributed by atoms with Gasteiger partial charge < -0.3 is 11.6 Å². The molecule has 2 atom stereocenters. The molecule has 0 aliphatic heterocycles. The highest BCUT2D eigenvalue weighted by atomic mass is 15.3. The first-order valence-corrected chi connectivity index (χ1v) is 7.53. The molecule has 3 heteroatoms. The molecule has 0 amide bonds. The topological polar surface area (TPSA) is 57.0 Å². The Morgan fingerprint density at radius 1 is 1.20 bits per heavy atom. The lowest BCUT2D eigenvalue weighted by molar-refractivity contribution is 0.166. The maximum Gasteiger partial charge on any atom is 0.0715 e. The Balaban J connectivity index is 2.10. The number of nitrogen functional groups attached to an aromatic ring is 2. The van der Waals surface area contributed by atoms with Crippen molar-refractivity contribution in [3.05, 3.63) is 30.0 Å². The molecule has 0 radical (unpaired) electrons. The Morgan fingerprint density at radius 2 is 1.90 bits per heavy atom. The predicted octanol–water partition coefficient (Wildman–Crippen LogP) is 3.87. The van der Waals surface area contributed by atoms with Crippen LogP contribution in [0.3, 0.4) is 0 Å². The number of hydrogen-bond donors (Lipinski definition) is 2. The van der Waals surface area contributed by atoms with Crippen molar-refractivity contribution in [2.45, 2.75) is 46.0 Å². The van der Waals surface area contributed by atoms with Gasteiger partial charge in [-0.05, 0) is 36.7 Å². The molecule has 3 nitrogen and oxygen atoms in total. The van der Waals surface area contributed by atoms with Gasteiger partial charge in [0, 0.05) is 11.3 Å². The van der Waals surface area contributed by atoms with Crippen LogP contribution in [-0.4, -0.2) is 4.68 Å². The SMILES string of the molecule is CC1CC(c2c(N)c3ccccc3n2N)CC(C)(C)C1. The van der Waals surface area contributed by atoms with E-state index < -0.39 is 0 Å². The molecule has 3 rings (SSSR count). The lowest BCUT2D eigenvalue weighted by Crippen LogP contribution is -2.29. The van der Waals surface area contributed by atoms with Crippen LogP contribution in [0.2, 0.25) is 0 Å². The molecule has 108 valence electrons. The van der Waals surface area contributed by atoms with E-state index in [-0.39, 0.29) is 0 Å². The fourth-order valence-electron chi connectivity index (χ4n) is 4.28. The first-order valence-electron chi connectivity index (χ1n) is 7.53. The van der Waals surface area contributed by atoms with Crippen molar-refractivity contribution in [1.29, 1.82) is 0 Å². The number of fused-ring (bicyclic) bond motifs is 1. The van der Waals surface area contributed by atoms with E-state index in [1.54, 1.807) is 0 Å². The predicted molar refractivity (Wildman–Crippen MR) is 86.0 cm³/mol. The standard InChI is InChI=1S/C17H25N3/c1-11-8-12(10-17(2,3)9-11)16-15(18)13-6-4-5-7-14(13)20(16)19/h4-7,11-12H,8-10,18-19H2,1-3H3. The zero-order valence-electron chi connectivity index (χ0n) is 12.7. The summed E-state index contributed by atoms with van der Waals surface area (Å²) in [6.45, 7) is 7.05. The smallest absolute Gasteiger partial charge is 0.0715 e. The van der Waals surface area contributed by atoms with Crippen molar-refractivity contribution in [1.82, 2.24) is 4.68 Å². The first kappa shape index (κ1) is 13.3. The minimum atomic E-state index is 0.366. The molecule has 1 fully saturated rings. The molecule has 0 bridgehead atoms. The summed E-state index contributed by atoms with van der Waals surface area (Å²) < 4.78 is 1.82. The molecule has 20 heavy (non-hydrogen) atoms. The summed E-state index contributed by atoms with van der Waals surface area (Å²) in [5.41, 5.74) is 9.81. The second-order valence-electron chi connectivity index (χ2n) is 7.30. The van der Waals surface area contributed by atoms with Crippen molar-refractivity contribution in [3.63, 3.8) is 0 Å². The fourth-order valence-corrected chi connectivity index (χ4v) is 4.28. The Morgan fingerprint density at radius 3 is 2.55 bits per heavy atom. The van der Waals surface area contributed by atoms with Gasteiger partial charge in [-0.2, -0.15) is 0 Å². The van der Waals surface area contributed by atoms with Crippen molar-refractivity contribution in [2.24, 2.45) is 11.3 Å². The molecular formula is C17H25N3. The van der Waals surface area contributed by atoms with E-state index >= 15 is 0 Å². The molecule has 4 N–H and O–H groups in total. The normalized spacial score (nSPS) is 25.9. The molecule has 2 aromatic rings. The van der Waals surface area contributed by atoms with Crippen LogP contribution in [0.15, 0.2) is 24.3 Å². The highest BCUT2D eigenvalue weighted by molar-refractivity contribution is 5.94. The van der Waals surface area contributed by atoms with E-state index in [1.165, 1.54) is 12.8 Å². The van der Waals surface area contributed by atoms with Gasteiger partial charge >= 0.3 is 0 Å². The number of nitrogens with zero attached hydrogens (tertiary/aromatic N) is 1. The summed E-state index contributed by atoms with van der Waals surface area (Å²) in [7, 11) is 0. The van der Waals surface area contributed by atoms with Gasteiger partial charge in [0.15, 0.2) is 0 Å². The molecule has 1 aliphatic rings. The molecule has 1 heterocycles. The Bertz CT molecular complexity index is 600. The number of rotatable bonds is 1. The Kier molecular flexibility index (Phi) is 2.96. The fraction of sp³-hybridized carbons (Fsp3) is 0.529. The quantitative estimate of drug-likeness (QED) is 0.774. The molecule has 1 aromatic carbocycles. The van der Waals surface area contributed by atoms with Crippen LogP contribution in [0, 0.1) is 11.3 Å². The van der Waals surface area contributed by atoms with Gasteiger partial charge in [-0.1, -0.05) is 39.0 Å². The molecule has 1 aromatic heterocycles. The van der Waals surface area contributed by atoms with Crippen LogP contribution in [0.5, 0.6) is 0 Å². The Labute approximate surface area is 120 Å². The second kappa shape index (κ2) is 4.44. The summed E-state index contributed by atoms with van der Waals surface area (Å²) in [6.07, 6.45) is 3.63. The molecule has 1 saturated carbocycles. The summed E-state index contributed by atoms with van der Waals surface area (Å²) >= 11 is 0. The van der Waals surface area contributed by atoms with E-state index in [9.17, 15) is 0 Å². The number of aromatic nitrogens is 1. The highest BCUT2D eigenvalue weighted by Crippen LogP contribution is 2.48. The maximum absolute atomic E-state index is 6.40. The van der Waals surface area contributed by atoms with E-state index in [0.717, 1.165) is 34.6 Å². The zero-order valence-corrected chi connectivity index (χ0v) is 12.7. The average Bonchev–Trinajstić information content (AvgIpc) is 2.60. The van der Waals surface area contributed by atoms with Gasteiger partial charge in [0.25, 0.3) is 0 Å². The van der Waals surface area contributed by atoms with Crippen LogP contribution >= 0.6 is 0 Å². The summed E-state index contributed by atoms with van der Waals surface area (Å²) in [6, 6.07) is 8.15. The molecule has 1 aliphatic carbocycles. The van der Waals surface area contributed by atoms with E-state index in [0.29, 0.717) is 11.3 Å². The van der Waals surface area contributed by atoms with Gasteiger partial charge in [0.05, 0.1) is 16.9 Å². The average molecular weight is 271 g/mol. The number of hydrogen-bond acceptors (Lipinski definition) is 2. The molecule has 0 saturated heterocycles. The molecule has 2 unspecified atom stereocenters. The van der Waals surface area contributed by atoms with Crippen LogP contribution in [0.4, 0.5) is 5.69 Å². The van der Waals surface area contributed by atoms with Crippen molar-refractivity contribution < 1.29 is 0 Å². The third-order valence-corrected chi connectivity index (χ3v) is 4.76. The third kappa shape index (κ3) is 2.05. The van der Waals surface area contributed by atoms with Crippen molar-refractivity contribution in [3.8, 4) is 0 Å². The second-order valence-corrected chi connectivity index (χ2v) is 7.30. The summed E-state index contributed by atoms with van der Waals surface area (Å²) in [5.74, 6) is 7.53. The number of anilines is 1. The van der Waals surface area contributed by atoms with Gasteiger partial charge in [-0.3, -0.25) is 4.68 Å². The van der Waals surface area contributed by atoms with Gasteiger partial charge in [0.1, 0.15) is 0 Å². The van der Waals surface area contributed by atoms with Crippen molar-refractivity contribution in [2.75, 3.05) is 11.6 Å². The lowest BCUT2D eigenvalue weighted by atomic mass is 9.67. The number of benzene rings is 1. The first-order chi connectivity index (χ1) is 9.39. The zero-order chi connectivity index (χ0) is 14.5. The largest absolute Gasteiger partial charge is 0.397 e. The summed E-state index contributed by atoms with van der Waals surface area (Å²) in [4.78, 5) is 0. The van der Waals surface area contributed by atoms with Crippen LogP contribution < -0.4 is 11.6 Å². The van der Waals surface area contributed by atoms with Crippen LogP contribution in [0.25, 0.3) is 10.9 Å². The summed E-state index contributed by atoms with van der Waals surface area (Å²) in [5, 5.41) is 1.08. The van der Waals surface area contributed by atoms with Crippen LogP contribution in [0.1, 0.15) is 51.6 Å². The van der Waals surface area contributed by atoms with Gasteiger partial charge in [-0.15, -0.1) is 0 Å². The number of para-hydroxylation sites is 1. The van der Waals surface area contributed by atoms with E-state index in [4.69, 9.17) is 11.6 Å². The monoisotopic (exact) mass is 271 g/mol. The third-order valence-electron chi connectivity index (χ3n) is 4.76. The van der Waals surface area contributed by atoms with Gasteiger partial charge in [-0.25, -0.2) is 0 Å². The lowest BCUT2D eigenvalue weighted by Gasteiger charge is -2.39. The minimum absolute atomic E-state index is 0.366. The maximum atomic E-state index is 6.40. The van der Waals surface area contributed by atoms with Gasteiger partial charge in [0.2, 0.25) is 0 Å². The van der Waals surface area contributed by atoms with Crippen LogP contribution in [-0.2, 0) is 0 Å². The van der Waals surface area contributed by atoms with Crippen molar-refractivity contribution >= 4 is 16.6 Å². The number of nitrogens with two attached hydrogens (primary N) is 2.